The van der Waals surface area contributed by atoms with E-state index in [1.807, 2.05) is 25.7 Å². The Morgan fingerprint density at radius 3 is 2.41 bits per heavy atom. The molecule has 1 unspecified atom stereocenters. The first-order chi connectivity index (χ1) is 10.1. The predicted molar refractivity (Wildman–Crippen MR) is 92.1 cm³/mol. The van der Waals surface area contributed by atoms with E-state index in [-0.39, 0.29) is 11.6 Å². The number of hydrogen-bond acceptors (Lipinski definition) is 3. The van der Waals surface area contributed by atoms with Gasteiger partial charge in [-0.05, 0) is 59.4 Å². The molecule has 0 saturated carbocycles. The molecule has 1 rings (SSSR count). The molecule has 0 aliphatic carbocycles. The molecule has 1 aliphatic rings. The highest BCUT2D eigenvalue weighted by atomic mass is 16.6. The molecule has 0 aromatic heterocycles. The van der Waals surface area contributed by atoms with Crippen molar-refractivity contribution in [1.82, 2.24) is 9.80 Å². The maximum absolute atomic E-state index is 12.3. The van der Waals surface area contributed by atoms with Crippen molar-refractivity contribution < 1.29 is 9.53 Å². The van der Waals surface area contributed by atoms with Crippen LogP contribution < -0.4 is 0 Å². The van der Waals surface area contributed by atoms with Crippen molar-refractivity contribution in [1.29, 1.82) is 0 Å². The third-order valence-corrected chi connectivity index (χ3v) is 4.45. The topological polar surface area (TPSA) is 32.8 Å². The summed E-state index contributed by atoms with van der Waals surface area (Å²) in [4.78, 5) is 16.8. The monoisotopic (exact) mass is 312 g/mol. The lowest BCUT2D eigenvalue weighted by molar-refractivity contribution is 0.0239. The van der Waals surface area contributed by atoms with Gasteiger partial charge in [-0.25, -0.2) is 4.79 Å². The minimum atomic E-state index is -0.417. The highest BCUT2D eigenvalue weighted by molar-refractivity contribution is 5.68. The third kappa shape index (κ3) is 5.79. The second-order valence-corrected chi connectivity index (χ2v) is 8.25. The summed E-state index contributed by atoms with van der Waals surface area (Å²) in [5, 5.41) is 0. The lowest BCUT2D eigenvalue weighted by Crippen LogP contribution is -2.48. The van der Waals surface area contributed by atoms with Crippen LogP contribution in [0.15, 0.2) is 0 Å². The van der Waals surface area contributed by atoms with Gasteiger partial charge in [0.25, 0.3) is 0 Å². The summed E-state index contributed by atoms with van der Waals surface area (Å²) in [6.45, 7) is 18.7. The van der Waals surface area contributed by atoms with Crippen LogP contribution in [0.3, 0.4) is 0 Å². The molecule has 0 aromatic rings. The maximum Gasteiger partial charge on any atom is 0.410 e. The molecule has 0 N–H and O–H groups in total. The predicted octanol–water partition coefficient (Wildman–Crippen LogP) is 4.14. The summed E-state index contributed by atoms with van der Waals surface area (Å²) in [7, 11) is 0. The van der Waals surface area contributed by atoms with E-state index in [0.29, 0.717) is 5.92 Å². The highest BCUT2D eigenvalue weighted by Gasteiger charge is 2.35. The SMILES string of the molecule is CCN(CC(C)C)C1(C)CCCN(C(=O)OC(C)(C)C)CC1. The Kier molecular flexibility index (Phi) is 6.72. The molecule has 1 heterocycles. The molecule has 0 aromatic carbocycles. The molecule has 1 fully saturated rings. The fourth-order valence-corrected chi connectivity index (χ4v) is 3.26. The zero-order chi connectivity index (χ0) is 17.0. The fraction of sp³-hybridized carbons (Fsp3) is 0.944. The highest BCUT2D eigenvalue weighted by Crippen LogP contribution is 2.29. The van der Waals surface area contributed by atoms with Crippen LogP contribution in [0.25, 0.3) is 0 Å². The largest absolute Gasteiger partial charge is 0.444 e. The summed E-state index contributed by atoms with van der Waals surface area (Å²) in [6, 6.07) is 0. The summed E-state index contributed by atoms with van der Waals surface area (Å²) < 4.78 is 5.53. The number of carbonyl (C=O) groups is 1. The minimum Gasteiger partial charge on any atom is -0.444 e. The molecule has 0 spiro atoms. The lowest BCUT2D eigenvalue weighted by Gasteiger charge is -2.41. The van der Waals surface area contributed by atoms with Gasteiger partial charge in [-0.2, -0.15) is 0 Å². The summed E-state index contributed by atoms with van der Waals surface area (Å²) in [5.74, 6) is 0.669. The van der Waals surface area contributed by atoms with Crippen molar-refractivity contribution in [3.8, 4) is 0 Å². The van der Waals surface area contributed by atoms with Gasteiger partial charge >= 0.3 is 6.09 Å². The molecule has 4 heteroatoms. The molecular formula is C18H36N2O2. The van der Waals surface area contributed by atoms with Crippen LogP contribution in [0.1, 0.15) is 67.7 Å². The van der Waals surface area contributed by atoms with E-state index in [0.717, 1.165) is 45.4 Å². The molecule has 1 saturated heterocycles. The molecule has 1 amide bonds. The van der Waals surface area contributed by atoms with Gasteiger partial charge in [0.2, 0.25) is 0 Å². The van der Waals surface area contributed by atoms with Crippen molar-refractivity contribution in [2.24, 2.45) is 5.92 Å². The smallest absolute Gasteiger partial charge is 0.410 e. The van der Waals surface area contributed by atoms with E-state index in [1.54, 1.807) is 0 Å². The van der Waals surface area contributed by atoms with E-state index in [9.17, 15) is 4.79 Å². The number of likely N-dealkylation sites (tertiary alicyclic amines) is 1. The normalized spacial score (nSPS) is 23.8. The molecule has 0 radical (unpaired) electrons. The molecule has 1 atom stereocenters. The quantitative estimate of drug-likeness (QED) is 0.782. The summed E-state index contributed by atoms with van der Waals surface area (Å²) in [6.07, 6.45) is 3.05. The standard InChI is InChI=1S/C18H36N2O2/c1-8-20(14-15(2)3)18(7)10-9-12-19(13-11-18)16(21)22-17(4,5)6/h15H,8-14H2,1-7H3. The van der Waals surface area contributed by atoms with E-state index in [1.165, 1.54) is 0 Å². The Balaban J connectivity index is 2.69. The summed E-state index contributed by atoms with van der Waals surface area (Å²) >= 11 is 0. The van der Waals surface area contributed by atoms with E-state index >= 15 is 0 Å². The minimum absolute atomic E-state index is 0.163. The Bertz CT molecular complexity index is 363. The Hall–Kier alpha value is -0.770. The second-order valence-electron chi connectivity index (χ2n) is 8.25. The van der Waals surface area contributed by atoms with E-state index < -0.39 is 5.60 Å². The first kappa shape index (κ1) is 19.3. The summed E-state index contributed by atoms with van der Waals surface area (Å²) in [5.41, 5.74) is -0.227. The Labute approximate surface area is 137 Å². The average Bonchev–Trinajstić information content (AvgIpc) is 2.56. The molecule has 0 bridgehead atoms. The van der Waals surface area contributed by atoms with Gasteiger partial charge in [-0.1, -0.05) is 20.8 Å². The lowest BCUT2D eigenvalue weighted by atomic mass is 9.90. The maximum atomic E-state index is 12.3. The zero-order valence-electron chi connectivity index (χ0n) is 15.7. The average molecular weight is 312 g/mol. The number of hydrogen-bond donors (Lipinski definition) is 0. The number of amides is 1. The van der Waals surface area contributed by atoms with Crippen LogP contribution in [-0.4, -0.2) is 53.2 Å². The number of ether oxygens (including phenoxy) is 1. The van der Waals surface area contributed by atoms with Crippen LogP contribution >= 0.6 is 0 Å². The van der Waals surface area contributed by atoms with Crippen LogP contribution in [0.4, 0.5) is 4.79 Å². The number of rotatable bonds is 4. The van der Waals surface area contributed by atoms with Crippen molar-refractivity contribution in [2.75, 3.05) is 26.2 Å². The second kappa shape index (κ2) is 7.67. The molecule has 22 heavy (non-hydrogen) atoms. The molecule has 4 nitrogen and oxygen atoms in total. The first-order valence-electron chi connectivity index (χ1n) is 8.80. The van der Waals surface area contributed by atoms with Crippen LogP contribution in [0, 0.1) is 5.92 Å². The van der Waals surface area contributed by atoms with Crippen molar-refractivity contribution in [3.63, 3.8) is 0 Å². The van der Waals surface area contributed by atoms with Crippen LogP contribution in [0.5, 0.6) is 0 Å². The van der Waals surface area contributed by atoms with Crippen LogP contribution in [0.2, 0.25) is 0 Å². The number of carbonyl (C=O) groups excluding carboxylic acids is 1. The third-order valence-electron chi connectivity index (χ3n) is 4.45. The van der Waals surface area contributed by atoms with E-state index in [4.69, 9.17) is 4.74 Å². The van der Waals surface area contributed by atoms with Gasteiger partial charge in [0, 0.05) is 25.2 Å². The van der Waals surface area contributed by atoms with E-state index in [2.05, 4.69) is 32.6 Å². The van der Waals surface area contributed by atoms with Crippen molar-refractivity contribution in [2.45, 2.75) is 78.9 Å². The molecule has 1 aliphatic heterocycles. The van der Waals surface area contributed by atoms with Gasteiger partial charge in [-0.3, -0.25) is 4.90 Å². The van der Waals surface area contributed by atoms with Gasteiger partial charge in [0.15, 0.2) is 0 Å². The Morgan fingerprint density at radius 1 is 1.27 bits per heavy atom. The van der Waals surface area contributed by atoms with Gasteiger partial charge < -0.3 is 9.64 Å². The zero-order valence-corrected chi connectivity index (χ0v) is 15.7. The van der Waals surface area contributed by atoms with Crippen molar-refractivity contribution in [3.05, 3.63) is 0 Å². The fourth-order valence-electron chi connectivity index (χ4n) is 3.26. The molecule has 130 valence electrons. The molecular weight excluding hydrogens is 276 g/mol. The van der Waals surface area contributed by atoms with Gasteiger partial charge in [0.1, 0.15) is 5.60 Å². The first-order valence-corrected chi connectivity index (χ1v) is 8.80. The number of nitrogens with zero attached hydrogens (tertiary/aromatic N) is 2. The van der Waals surface area contributed by atoms with Gasteiger partial charge in [0.05, 0.1) is 0 Å². The Morgan fingerprint density at radius 2 is 1.91 bits per heavy atom. The van der Waals surface area contributed by atoms with Crippen molar-refractivity contribution >= 4 is 6.09 Å². The van der Waals surface area contributed by atoms with Gasteiger partial charge in [-0.15, -0.1) is 0 Å². The van der Waals surface area contributed by atoms with Crippen LogP contribution in [-0.2, 0) is 4.74 Å².